The molecule has 2 N–H and O–H groups in total. The zero-order valence-corrected chi connectivity index (χ0v) is 15.5. The minimum absolute atomic E-state index is 0.353. The number of aliphatic imine (C=N–C) groups is 2. The molecule has 0 aliphatic carbocycles. The predicted octanol–water partition coefficient (Wildman–Crippen LogP) is 3.97. The lowest BCUT2D eigenvalue weighted by atomic mass is 9.98. The summed E-state index contributed by atoms with van der Waals surface area (Å²) in [6.45, 7) is 4.19. The van der Waals surface area contributed by atoms with Crippen molar-refractivity contribution in [2.45, 2.75) is 26.4 Å². The molecule has 1 atom stereocenters. The molecule has 0 saturated carbocycles. The summed E-state index contributed by atoms with van der Waals surface area (Å²) in [6, 6.07) is 14.7. The van der Waals surface area contributed by atoms with E-state index in [1.807, 2.05) is 12.1 Å². The number of amidine groups is 1. The fourth-order valence-corrected chi connectivity index (χ4v) is 3.02. The third-order valence-corrected chi connectivity index (χ3v) is 4.29. The lowest BCUT2D eigenvalue weighted by Crippen LogP contribution is -2.33. The van der Waals surface area contributed by atoms with Gasteiger partial charge in [-0.05, 0) is 41.8 Å². The van der Waals surface area contributed by atoms with Gasteiger partial charge in [-0.15, -0.1) is 0 Å². The molecule has 134 valence electrons. The molecule has 0 radical (unpaired) electrons. The number of benzene rings is 2. The second kappa shape index (κ2) is 8.11. The quantitative estimate of drug-likeness (QED) is 0.879. The maximum absolute atomic E-state index is 9.62. The van der Waals surface area contributed by atoms with Gasteiger partial charge < -0.3 is 10.4 Å². The molecule has 0 spiro atoms. The number of hydrogen-bond donors (Lipinski definition) is 2. The third kappa shape index (κ3) is 3.92. The van der Waals surface area contributed by atoms with Gasteiger partial charge in [-0.3, -0.25) is 9.98 Å². The normalized spacial score (nSPS) is 20.5. The summed E-state index contributed by atoms with van der Waals surface area (Å²) in [4.78, 5) is 9.04. The summed E-state index contributed by atoms with van der Waals surface area (Å²) >= 11 is 0. The van der Waals surface area contributed by atoms with Gasteiger partial charge in [-0.1, -0.05) is 49.4 Å². The van der Waals surface area contributed by atoms with Crippen molar-refractivity contribution >= 4 is 28.0 Å². The van der Waals surface area contributed by atoms with Crippen LogP contribution in [0.15, 0.2) is 70.2 Å². The van der Waals surface area contributed by atoms with E-state index in [4.69, 9.17) is 0 Å². The molecule has 26 heavy (non-hydrogen) atoms. The van der Waals surface area contributed by atoms with Gasteiger partial charge in [-0.2, -0.15) is 0 Å². The van der Waals surface area contributed by atoms with Crippen LogP contribution in [0.25, 0.3) is 16.5 Å². The van der Waals surface area contributed by atoms with Crippen molar-refractivity contribution in [1.82, 2.24) is 5.32 Å². The van der Waals surface area contributed by atoms with Crippen LogP contribution in [0.5, 0.6) is 0 Å². The number of rotatable bonds is 4. The van der Waals surface area contributed by atoms with Gasteiger partial charge in [0.1, 0.15) is 5.84 Å². The minimum Gasteiger partial charge on any atom is -0.391 e. The first-order valence-corrected chi connectivity index (χ1v) is 9.00. The smallest absolute Gasteiger partial charge is 0.134 e. The van der Waals surface area contributed by atoms with E-state index in [9.17, 15) is 5.11 Å². The molecule has 3 rings (SSSR count). The largest absolute Gasteiger partial charge is 0.391 e. The SMILES string of the molecule is CC/C=C1\C(=NC)C=C(c2ccc3ccccc3c2)NC1=NCC(C)O. The highest BCUT2D eigenvalue weighted by Crippen LogP contribution is 2.24. The Bertz CT molecular complexity index is 920. The monoisotopic (exact) mass is 347 g/mol. The minimum atomic E-state index is -0.482. The fraction of sp³-hybridized carbons (Fsp3) is 0.273. The average molecular weight is 347 g/mol. The van der Waals surface area contributed by atoms with Crippen molar-refractivity contribution in [2.24, 2.45) is 9.98 Å². The summed E-state index contributed by atoms with van der Waals surface area (Å²) in [5.41, 5.74) is 3.94. The molecule has 1 heterocycles. The van der Waals surface area contributed by atoms with Crippen LogP contribution in [0.3, 0.4) is 0 Å². The number of fused-ring (bicyclic) bond motifs is 1. The number of aliphatic hydroxyl groups excluding tert-OH is 1. The summed E-state index contributed by atoms with van der Waals surface area (Å²) in [5, 5.41) is 15.5. The van der Waals surface area contributed by atoms with Gasteiger partial charge in [0.05, 0.1) is 18.4 Å². The summed E-state index contributed by atoms with van der Waals surface area (Å²) < 4.78 is 0. The van der Waals surface area contributed by atoms with Crippen molar-refractivity contribution < 1.29 is 5.11 Å². The van der Waals surface area contributed by atoms with E-state index < -0.39 is 6.10 Å². The second-order valence-corrected chi connectivity index (χ2v) is 6.42. The summed E-state index contributed by atoms with van der Waals surface area (Å²) in [6.07, 6.45) is 4.59. The van der Waals surface area contributed by atoms with E-state index >= 15 is 0 Å². The molecule has 0 amide bonds. The molecule has 1 aliphatic rings. The van der Waals surface area contributed by atoms with Crippen LogP contribution in [-0.4, -0.2) is 36.4 Å². The molecule has 0 fully saturated rings. The lowest BCUT2D eigenvalue weighted by Gasteiger charge is -2.23. The van der Waals surface area contributed by atoms with Crippen molar-refractivity contribution in [2.75, 3.05) is 13.6 Å². The van der Waals surface area contributed by atoms with E-state index in [-0.39, 0.29) is 0 Å². The van der Waals surface area contributed by atoms with Gasteiger partial charge in [0.15, 0.2) is 0 Å². The average Bonchev–Trinajstić information content (AvgIpc) is 2.66. The highest BCUT2D eigenvalue weighted by atomic mass is 16.3. The summed E-state index contributed by atoms with van der Waals surface area (Å²) in [7, 11) is 1.80. The Balaban J connectivity index is 2.05. The van der Waals surface area contributed by atoms with Gasteiger partial charge in [0.25, 0.3) is 0 Å². The Morgan fingerprint density at radius 1 is 1.15 bits per heavy atom. The number of allylic oxidation sites excluding steroid dienone is 2. The maximum Gasteiger partial charge on any atom is 0.134 e. The van der Waals surface area contributed by atoms with Crippen LogP contribution >= 0.6 is 0 Å². The zero-order valence-electron chi connectivity index (χ0n) is 15.5. The molecule has 0 aromatic heterocycles. The first-order valence-electron chi connectivity index (χ1n) is 9.00. The predicted molar refractivity (Wildman–Crippen MR) is 111 cm³/mol. The lowest BCUT2D eigenvalue weighted by molar-refractivity contribution is 0.204. The van der Waals surface area contributed by atoms with Crippen LogP contribution < -0.4 is 5.32 Å². The van der Waals surface area contributed by atoms with Crippen LogP contribution in [0.2, 0.25) is 0 Å². The number of nitrogens with one attached hydrogen (secondary N) is 1. The molecule has 0 saturated heterocycles. The van der Waals surface area contributed by atoms with E-state index in [0.29, 0.717) is 6.54 Å². The van der Waals surface area contributed by atoms with Crippen molar-refractivity contribution in [3.63, 3.8) is 0 Å². The van der Waals surface area contributed by atoms with Crippen LogP contribution in [0.1, 0.15) is 25.8 Å². The van der Waals surface area contributed by atoms with Crippen molar-refractivity contribution in [3.05, 3.63) is 65.8 Å². The van der Waals surface area contributed by atoms with E-state index in [1.54, 1.807) is 14.0 Å². The number of aliphatic hydroxyl groups is 1. The molecule has 2 aromatic carbocycles. The molecule has 0 bridgehead atoms. The molecule has 1 aliphatic heterocycles. The number of hydrogen-bond acceptors (Lipinski definition) is 3. The molecular weight excluding hydrogens is 322 g/mol. The standard InChI is InChI=1S/C22H25N3O/c1-4-7-19-21(23-3)13-20(25-22(19)24-14-15(2)26)18-11-10-16-8-5-6-9-17(16)12-18/h5-13,15,26H,4,14H2,1-3H3,(H,24,25)/b19-7+,23-21?. The Morgan fingerprint density at radius 3 is 2.62 bits per heavy atom. The van der Waals surface area contributed by atoms with Crippen molar-refractivity contribution in [3.8, 4) is 0 Å². The topological polar surface area (TPSA) is 57.0 Å². The van der Waals surface area contributed by atoms with Crippen LogP contribution in [0, 0.1) is 0 Å². The first-order chi connectivity index (χ1) is 12.6. The molecule has 4 nitrogen and oxygen atoms in total. The fourth-order valence-electron chi connectivity index (χ4n) is 3.02. The van der Waals surface area contributed by atoms with Crippen LogP contribution in [0.4, 0.5) is 0 Å². The first kappa shape index (κ1) is 18.1. The van der Waals surface area contributed by atoms with Gasteiger partial charge in [-0.25, -0.2) is 0 Å². The number of nitrogens with zero attached hydrogens (tertiary/aromatic N) is 2. The second-order valence-electron chi connectivity index (χ2n) is 6.42. The van der Waals surface area contributed by atoms with Gasteiger partial charge in [0.2, 0.25) is 0 Å². The zero-order chi connectivity index (χ0) is 18.5. The molecule has 2 aromatic rings. The van der Waals surface area contributed by atoms with Gasteiger partial charge in [0, 0.05) is 18.3 Å². The van der Waals surface area contributed by atoms with E-state index in [2.05, 4.69) is 64.7 Å². The van der Waals surface area contributed by atoms with Crippen molar-refractivity contribution in [1.29, 1.82) is 0 Å². The summed E-state index contributed by atoms with van der Waals surface area (Å²) in [5.74, 6) is 0.763. The Morgan fingerprint density at radius 2 is 1.92 bits per heavy atom. The van der Waals surface area contributed by atoms with Gasteiger partial charge >= 0.3 is 0 Å². The molecule has 4 heteroatoms. The van der Waals surface area contributed by atoms with E-state index in [1.165, 1.54) is 10.8 Å². The Labute approximate surface area is 154 Å². The maximum atomic E-state index is 9.62. The Hall–Kier alpha value is -2.72. The highest BCUT2D eigenvalue weighted by Gasteiger charge is 2.20. The molecule has 1 unspecified atom stereocenters. The highest BCUT2D eigenvalue weighted by molar-refractivity contribution is 6.33. The third-order valence-electron chi connectivity index (χ3n) is 4.29. The molecular formula is C22H25N3O. The Kier molecular flexibility index (Phi) is 5.64. The van der Waals surface area contributed by atoms with Crippen LogP contribution in [-0.2, 0) is 0 Å². The van der Waals surface area contributed by atoms with E-state index in [0.717, 1.165) is 34.8 Å².